The van der Waals surface area contributed by atoms with Gasteiger partial charge in [-0.2, -0.15) is 0 Å². The zero-order valence-corrected chi connectivity index (χ0v) is 13.8. The number of ether oxygens (including phenoxy) is 1. The number of benzene rings is 1. The van der Waals surface area contributed by atoms with Crippen molar-refractivity contribution in [2.45, 2.75) is 25.0 Å². The first-order valence-electron chi connectivity index (χ1n) is 7.54. The van der Waals surface area contributed by atoms with Gasteiger partial charge in [0.05, 0.1) is 0 Å². The highest BCUT2D eigenvalue weighted by molar-refractivity contribution is 8.13. The number of aliphatic imine (C=N–C) groups is 1. The number of thioether (sulfide) groups is 1. The van der Waals surface area contributed by atoms with E-state index in [1.54, 1.807) is 4.90 Å². The van der Waals surface area contributed by atoms with Crippen LogP contribution >= 0.6 is 11.8 Å². The third kappa shape index (κ3) is 3.34. The number of likely N-dealkylation sites (tertiary alicyclic amines) is 1. The highest BCUT2D eigenvalue weighted by atomic mass is 32.2. The lowest BCUT2D eigenvalue weighted by Gasteiger charge is -2.34. The summed E-state index contributed by atoms with van der Waals surface area (Å²) in [6.07, 6.45) is 2.61. The number of carbonyl (C=O) groups is 2. The molecule has 0 bridgehead atoms. The molecule has 0 unspecified atom stereocenters. The van der Waals surface area contributed by atoms with Crippen LogP contribution in [-0.4, -0.2) is 47.0 Å². The van der Waals surface area contributed by atoms with Crippen molar-refractivity contribution in [3.63, 3.8) is 0 Å². The van der Waals surface area contributed by atoms with Crippen LogP contribution in [0.2, 0.25) is 0 Å². The molecule has 0 atom stereocenters. The van der Waals surface area contributed by atoms with Crippen LogP contribution in [0, 0.1) is 0 Å². The summed E-state index contributed by atoms with van der Waals surface area (Å²) in [6.45, 7) is 1.22. The Morgan fingerprint density at radius 1 is 1.35 bits per heavy atom. The molecule has 122 valence electrons. The second kappa shape index (κ2) is 6.62. The van der Waals surface area contributed by atoms with Gasteiger partial charge in [0.1, 0.15) is 12.1 Å². The van der Waals surface area contributed by atoms with Gasteiger partial charge in [-0.3, -0.25) is 4.79 Å². The largest absolute Gasteiger partial charge is 0.445 e. The molecule has 1 fully saturated rings. The van der Waals surface area contributed by atoms with Crippen LogP contribution in [0.3, 0.4) is 0 Å². The minimum absolute atomic E-state index is 0.0563. The van der Waals surface area contributed by atoms with Gasteiger partial charge in [0.25, 0.3) is 5.91 Å². The van der Waals surface area contributed by atoms with E-state index >= 15 is 0 Å². The fraction of sp³-hybridized carbons (Fsp3) is 0.438. The molecule has 1 spiro atoms. The maximum Gasteiger partial charge on any atom is 0.410 e. The average molecular weight is 333 g/mol. The normalized spacial score (nSPS) is 19.4. The Kier molecular flexibility index (Phi) is 4.56. The zero-order chi connectivity index (χ0) is 16.3. The molecule has 3 rings (SSSR count). The number of amides is 2. The van der Waals surface area contributed by atoms with E-state index in [1.165, 1.54) is 11.8 Å². The molecule has 2 amide bonds. The number of amidine groups is 1. The Hall–Kier alpha value is -2.02. The van der Waals surface area contributed by atoms with Gasteiger partial charge in [0.2, 0.25) is 0 Å². The highest BCUT2D eigenvalue weighted by Gasteiger charge is 2.46. The van der Waals surface area contributed by atoms with E-state index in [9.17, 15) is 9.59 Å². The Bertz CT molecular complexity index is 625. The Morgan fingerprint density at radius 3 is 2.65 bits per heavy atom. The first-order chi connectivity index (χ1) is 11.1. The van der Waals surface area contributed by atoms with E-state index in [4.69, 9.17) is 4.74 Å². The molecule has 1 saturated heterocycles. The number of nitrogens with one attached hydrogen (secondary N) is 1. The van der Waals surface area contributed by atoms with Crippen molar-refractivity contribution in [1.82, 2.24) is 10.2 Å². The molecule has 23 heavy (non-hydrogen) atoms. The number of hydrogen-bond acceptors (Lipinski definition) is 5. The minimum Gasteiger partial charge on any atom is -0.445 e. The van der Waals surface area contributed by atoms with E-state index in [-0.39, 0.29) is 18.6 Å². The summed E-state index contributed by atoms with van der Waals surface area (Å²) in [6, 6.07) is 9.58. The molecule has 7 heteroatoms. The summed E-state index contributed by atoms with van der Waals surface area (Å²) in [4.78, 5) is 30.4. The van der Waals surface area contributed by atoms with Crippen LogP contribution in [0.25, 0.3) is 0 Å². The molecule has 1 N–H and O–H groups in total. The topological polar surface area (TPSA) is 71.0 Å². The molecule has 1 aromatic carbocycles. The maximum atomic E-state index is 12.1. The Morgan fingerprint density at radius 2 is 2.04 bits per heavy atom. The molecule has 2 aliphatic rings. The third-order valence-corrected chi connectivity index (χ3v) is 4.79. The summed E-state index contributed by atoms with van der Waals surface area (Å²) in [7, 11) is 0. The number of rotatable bonds is 2. The van der Waals surface area contributed by atoms with Crippen molar-refractivity contribution in [2.75, 3.05) is 19.3 Å². The zero-order valence-electron chi connectivity index (χ0n) is 12.9. The molecule has 0 aromatic heterocycles. The van der Waals surface area contributed by atoms with Gasteiger partial charge in [0, 0.05) is 13.1 Å². The fourth-order valence-electron chi connectivity index (χ4n) is 2.79. The van der Waals surface area contributed by atoms with E-state index in [0.717, 1.165) is 5.56 Å². The second-order valence-electron chi connectivity index (χ2n) is 5.63. The predicted octanol–water partition coefficient (Wildman–Crippen LogP) is 2.01. The van der Waals surface area contributed by atoms with Gasteiger partial charge < -0.3 is 15.0 Å². The van der Waals surface area contributed by atoms with Crippen LogP contribution < -0.4 is 5.32 Å². The molecular formula is C16H19N3O3S. The van der Waals surface area contributed by atoms with Gasteiger partial charge in [-0.25, -0.2) is 9.79 Å². The SMILES string of the molecule is CSC1=NC2(CCN(C(=O)OCc3ccccc3)CC2)C(=O)N1. The van der Waals surface area contributed by atoms with Gasteiger partial charge in [-0.1, -0.05) is 42.1 Å². The molecule has 0 radical (unpaired) electrons. The summed E-state index contributed by atoms with van der Waals surface area (Å²) >= 11 is 1.43. The minimum atomic E-state index is -0.700. The molecule has 6 nitrogen and oxygen atoms in total. The lowest BCUT2D eigenvalue weighted by Crippen LogP contribution is -2.50. The monoisotopic (exact) mass is 333 g/mol. The van der Waals surface area contributed by atoms with Gasteiger partial charge in [-0.15, -0.1) is 0 Å². The van der Waals surface area contributed by atoms with Crippen LogP contribution in [0.5, 0.6) is 0 Å². The van der Waals surface area contributed by atoms with Gasteiger partial charge in [0.15, 0.2) is 5.17 Å². The molecular weight excluding hydrogens is 314 g/mol. The molecule has 0 aliphatic carbocycles. The summed E-state index contributed by atoms with van der Waals surface area (Å²) in [5, 5.41) is 3.46. The summed E-state index contributed by atoms with van der Waals surface area (Å²) in [5.74, 6) is -0.0563. The van der Waals surface area contributed by atoms with Gasteiger partial charge in [-0.05, 0) is 24.7 Å². The smallest absolute Gasteiger partial charge is 0.410 e. The predicted molar refractivity (Wildman–Crippen MR) is 89.3 cm³/mol. The fourth-order valence-corrected chi connectivity index (χ4v) is 3.25. The first kappa shape index (κ1) is 15.9. The van der Waals surface area contributed by atoms with Crippen molar-refractivity contribution >= 4 is 28.9 Å². The van der Waals surface area contributed by atoms with Gasteiger partial charge >= 0.3 is 6.09 Å². The second-order valence-corrected chi connectivity index (χ2v) is 6.43. The lowest BCUT2D eigenvalue weighted by molar-refractivity contribution is -0.125. The average Bonchev–Trinajstić information content (AvgIpc) is 2.90. The van der Waals surface area contributed by atoms with Crippen LogP contribution in [0.15, 0.2) is 35.3 Å². The summed E-state index contributed by atoms with van der Waals surface area (Å²) < 4.78 is 5.33. The number of piperidine rings is 1. The van der Waals surface area contributed by atoms with E-state index in [1.807, 2.05) is 36.6 Å². The molecule has 2 aliphatic heterocycles. The first-order valence-corrected chi connectivity index (χ1v) is 8.76. The molecule has 0 saturated carbocycles. The third-order valence-electron chi connectivity index (χ3n) is 4.21. The molecule has 1 aromatic rings. The number of carbonyl (C=O) groups excluding carboxylic acids is 2. The van der Waals surface area contributed by atoms with E-state index in [0.29, 0.717) is 31.1 Å². The lowest BCUT2D eigenvalue weighted by atomic mass is 9.88. The van der Waals surface area contributed by atoms with Crippen LogP contribution in [0.1, 0.15) is 18.4 Å². The van der Waals surface area contributed by atoms with Crippen molar-refractivity contribution in [1.29, 1.82) is 0 Å². The van der Waals surface area contributed by atoms with Crippen LogP contribution in [0.4, 0.5) is 4.79 Å². The van der Waals surface area contributed by atoms with E-state index < -0.39 is 5.54 Å². The Labute approximate surface area is 139 Å². The Balaban J connectivity index is 1.54. The van der Waals surface area contributed by atoms with Crippen molar-refractivity contribution in [3.8, 4) is 0 Å². The summed E-state index contributed by atoms with van der Waals surface area (Å²) in [5.41, 5.74) is 0.257. The van der Waals surface area contributed by atoms with Crippen LogP contribution in [-0.2, 0) is 16.1 Å². The van der Waals surface area contributed by atoms with Crippen molar-refractivity contribution in [2.24, 2.45) is 4.99 Å². The standard InChI is InChI=1S/C16H19N3O3S/c1-23-14-17-13(20)16(18-14)7-9-19(10-8-16)15(21)22-11-12-5-3-2-4-6-12/h2-6H,7-11H2,1H3,(H,17,18,20). The van der Waals surface area contributed by atoms with Crippen molar-refractivity contribution < 1.29 is 14.3 Å². The number of hydrogen-bond donors (Lipinski definition) is 1. The highest BCUT2D eigenvalue weighted by Crippen LogP contribution is 2.31. The molecule has 2 heterocycles. The van der Waals surface area contributed by atoms with E-state index in [2.05, 4.69) is 10.3 Å². The number of nitrogens with zero attached hydrogens (tertiary/aromatic N) is 2. The quantitative estimate of drug-likeness (QED) is 0.899. The van der Waals surface area contributed by atoms with Crippen molar-refractivity contribution in [3.05, 3.63) is 35.9 Å². The maximum absolute atomic E-state index is 12.1.